The summed E-state index contributed by atoms with van der Waals surface area (Å²) in [5, 5.41) is 9.01. The van der Waals surface area contributed by atoms with Gasteiger partial charge >= 0.3 is 5.97 Å². The van der Waals surface area contributed by atoms with E-state index < -0.39 is 0 Å². The Bertz CT molecular complexity index is 201. The predicted octanol–water partition coefficient (Wildman–Crippen LogP) is -0.241. The lowest BCUT2D eigenvalue weighted by Crippen LogP contribution is -2.40. The molecule has 0 saturated carbocycles. The molecule has 2 aliphatic rings. The second-order valence-electron chi connectivity index (χ2n) is 3.73. The summed E-state index contributed by atoms with van der Waals surface area (Å²) in [6.07, 6.45) is 2.56. The number of aliphatic hydroxyl groups excluding tert-OH is 1. The van der Waals surface area contributed by atoms with Crippen molar-refractivity contribution in [1.82, 2.24) is 4.90 Å². The zero-order chi connectivity index (χ0) is 9.26. The average molecular weight is 185 g/mol. The first kappa shape index (κ1) is 8.97. The van der Waals surface area contributed by atoms with Gasteiger partial charge < -0.3 is 9.84 Å². The van der Waals surface area contributed by atoms with Gasteiger partial charge in [-0.1, -0.05) is 0 Å². The van der Waals surface area contributed by atoms with Gasteiger partial charge in [-0.15, -0.1) is 0 Å². The van der Waals surface area contributed by atoms with Crippen LogP contribution in [0.4, 0.5) is 0 Å². The maximum atomic E-state index is 11.0. The van der Waals surface area contributed by atoms with Gasteiger partial charge in [-0.05, 0) is 25.9 Å². The van der Waals surface area contributed by atoms with E-state index in [2.05, 4.69) is 4.90 Å². The summed E-state index contributed by atoms with van der Waals surface area (Å²) in [4.78, 5) is 13.3. The summed E-state index contributed by atoms with van der Waals surface area (Å²) in [5.74, 6) is -0.170. The molecule has 13 heavy (non-hydrogen) atoms. The van der Waals surface area contributed by atoms with Crippen molar-refractivity contribution < 1.29 is 14.6 Å². The Hall–Kier alpha value is -0.610. The van der Waals surface area contributed by atoms with Gasteiger partial charge in [0.05, 0.1) is 19.1 Å². The van der Waals surface area contributed by atoms with Crippen molar-refractivity contribution in [3.63, 3.8) is 0 Å². The number of hydrogen-bond donors (Lipinski definition) is 1. The molecule has 2 atom stereocenters. The molecule has 2 heterocycles. The minimum Gasteiger partial charge on any atom is -0.458 e. The predicted molar refractivity (Wildman–Crippen MR) is 46.2 cm³/mol. The number of nitrogens with zero attached hydrogens (tertiary/aromatic N) is 1. The molecule has 0 bridgehead atoms. The van der Waals surface area contributed by atoms with Crippen LogP contribution in [0.1, 0.15) is 19.3 Å². The second kappa shape index (κ2) is 3.64. The van der Waals surface area contributed by atoms with Crippen LogP contribution in [0.25, 0.3) is 0 Å². The highest BCUT2D eigenvalue weighted by Crippen LogP contribution is 2.24. The van der Waals surface area contributed by atoms with Crippen molar-refractivity contribution in [3.8, 4) is 0 Å². The van der Waals surface area contributed by atoms with E-state index in [1.165, 1.54) is 12.8 Å². The van der Waals surface area contributed by atoms with Crippen molar-refractivity contribution in [2.75, 3.05) is 19.7 Å². The highest BCUT2D eigenvalue weighted by atomic mass is 16.6. The first-order chi connectivity index (χ1) is 6.31. The molecule has 0 aromatic carbocycles. The third-order valence-corrected chi connectivity index (χ3v) is 2.88. The van der Waals surface area contributed by atoms with Gasteiger partial charge in [0.15, 0.2) is 0 Å². The SMILES string of the molecule is O=C1C[C@@H](N2CCCC2)[C@H](CO)O1. The minimum absolute atomic E-state index is 0.0487. The maximum Gasteiger partial charge on any atom is 0.307 e. The van der Waals surface area contributed by atoms with Crippen molar-refractivity contribution in [2.45, 2.75) is 31.4 Å². The first-order valence-corrected chi connectivity index (χ1v) is 4.85. The highest BCUT2D eigenvalue weighted by molar-refractivity contribution is 5.72. The molecule has 74 valence electrons. The van der Waals surface area contributed by atoms with Crippen LogP contribution >= 0.6 is 0 Å². The lowest BCUT2D eigenvalue weighted by Gasteiger charge is -2.25. The van der Waals surface area contributed by atoms with E-state index in [-0.39, 0.29) is 24.7 Å². The number of aliphatic hydroxyl groups is 1. The van der Waals surface area contributed by atoms with Crippen molar-refractivity contribution in [2.24, 2.45) is 0 Å². The van der Waals surface area contributed by atoms with E-state index in [4.69, 9.17) is 9.84 Å². The Kier molecular flexibility index (Phi) is 2.51. The molecule has 0 aromatic rings. The summed E-state index contributed by atoms with van der Waals surface area (Å²) < 4.78 is 5.00. The Morgan fingerprint density at radius 1 is 1.46 bits per heavy atom. The molecule has 2 saturated heterocycles. The second-order valence-corrected chi connectivity index (χ2v) is 3.73. The number of ether oxygens (including phenoxy) is 1. The zero-order valence-corrected chi connectivity index (χ0v) is 7.61. The van der Waals surface area contributed by atoms with Crippen LogP contribution < -0.4 is 0 Å². The largest absolute Gasteiger partial charge is 0.458 e. The monoisotopic (exact) mass is 185 g/mol. The lowest BCUT2D eigenvalue weighted by molar-refractivity contribution is -0.142. The van der Waals surface area contributed by atoms with E-state index in [9.17, 15) is 4.79 Å². The molecule has 2 rings (SSSR count). The standard InChI is InChI=1S/C9H15NO3/c11-6-8-7(5-9(12)13-8)10-3-1-2-4-10/h7-8,11H,1-6H2/t7-,8+/m1/s1. The minimum atomic E-state index is -0.286. The van der Waals surface area contributed by atoms with E-state index in [0.29, 0.717) is 6.42 Å². The van der Waals surface area contributed by atoms with Crippen LogP contribution in [-0.2, 0) is 9.53 Å². The van der Waals surface area contributed by atoms with Crippen molar-refractivity contribution >= 4 is 5.97 Å². The Morgan fingerprint density at radius 2 is 2.15 bits per heavy atom. The molecule has 2 aliphatic heterocycles. The number of rotatable bonds is 2. The number of carbonyl (C=O) groups excluding carboxylic acids is 1. The van der Waals surface area contributed by atoms with Crippen molar-refractivity contribution in [1.29, 1.82) is 0 Å². The van der Waals surface area contributed by atoms with Crippen LogP contribution in [0, 0.1) is 0 Å². The molecule has 0 aliphatic carbocycles. The Labute approximate surface area is 77.5 Å². The average Bonchev–Trinajstić information content (AvgIpc) is 2.71. The third kappa shape index (κ3) is 1.69. The van der Waals surface area contributed by atoms with Crippen LogP contribution in [0.15, 0.2) is 0 Å². The number of likely N-dealkylation sites (tertiary alicyclic amines) is 1. The normalized spacial score (nSPS) is 35.3. The molecule has 0 aromatic heterocycles. The number of cyclic esters (lactones) is 1. The van der Waals surface area contributed by atoms with E-state index in [0.717, 1.165) is 13.1 Å². The van der Waals surface area contributed by atoms with Gasteiger partial charge in [-0.25, -0.2) is 0 Å². The maximum absolute atomic E-state index is 11.0. The summed E-state index contributed by atoms with van der Waals surface area (Å²) in [7, 11) is 0. The molecule has 4 heteroatoms. The molecule has 0 spiro atoms. The molecular formula is C9H15NO3. The number of esters is 1. The van der Waals surface area contributed by atoms with Crippen LogP contribution in [0.5, 0.6) is 0 Å². The van der Waals surface area contributed by atoms with Gasteiger partial charge in [0.25, 0.3) is 0 Å². The fourth-order valence-corrected chi connectivity index (χ4v) is 2.19. The van der Waals surface area contributed by atoms with Crippen molar-refractivity contribution in [3.05, 3.63) is 0 Å². The topological polar surface area (TPSA) is 49.8 Å². The highest BCUT2D eigenvalue weighted by Gasteiger charge is 2.38. The lowest BCUT2D eigenvalue weighted by atomic mass is 10.1. The summed E-state index contributed by atoms with van der Waals surface area (Å²) in [5.41, 5.74) is 0. The van der Waals surface area contributed by atoms with E-state index >= 15 is 0 Å². The summed E-state index contributed by atoms with van der Waals surface area (Å²) in [6, 6.07) is 0.125. The van der Waals surface area contributed by atoms with Gasteiger partial charge in [0, 0.05) is 0 Å². The number of hydrogen-bond acceptors (Lipinski definition) is 4. The molecule has 1 N–H and O–H groups in total. The smallest absolute Gasteiger partial charge is 0.307 e. The van der Waals surface area contributed by atoms with Gasteiger partial charge in [-0.2, -0.15) is 0 Å². The molecule has 0 unspecified atom stereocenters. The Balaban J connectivity index is 1.99. The Morgan fingerprint density at radius 3 is 2.77 bits per heavy atom. The van der Waals surface area contributed by atoms with E-state index in [1.807, 2.05) is 0 Å². The van der Waals surface area contributed by atoms with Gasteiger partial charge in [0.1, 0.15) is 6.10 Å². The first-order valence-electron chi connectivity index (χ1n) is 4.85. The molecular weight excluding hydrogens is 170 g/mol. The molecule has 4 nitrogen and oxygen atoms in total. The third-order valence-electron chi connectivity index (χ3n) is 2.88. The molecule has 0 radical (unpaired) electrons. The molecule has 2 fully saturated rings. The summed E-state index contributed by atoms with van der Waals surface area (Å²) in [6.45, 7) is 2.03. The van der Waals surface area contributed by atoms with Crippen LogP contribution in [0.2, 0.25) is 0 Å². The quantitative estimate of drug-likeness (QED) is 0.603. The summed E-state index contributed by atoms with van der Waals surface area (Å²) >= 11 is 0. The van der Waals surface area contributed by atoms with E-state index in [1.54, 1.807) is 0 Å². The van der Waals surface area contributed by atoms with Crippen LogP contribution in [-0.4, -0.2) is 47.8 Å². The van der Waals surface area contributed by atoms with Gasteiger partial charge in [0.2, 0.25) is 0 Å². The fourth-order valence-electron chi connectivity index (χ4n) is 2.19. The van der Waals surface area contributed by atoms with Crippen LogP contribution in [0.3, 0.4) is 0 Å². The molecule has 0 amide bonds. The fraction of sp³-hybridized carbons (Fsp3) is 0.889. The number of carbonyl (C=O) groups is 1. The van der Waals surface area contributed by atoms with Gasteiger partial charge in [-0.3, -0.25) is 9.69 Å². The zero-order valence-electron chi connectivity index (χ0n) is 7.61.